The lowest BCUT2D eigenvalue weighted by Gasteiger charge is -2.41. The summed E-state index contributed by atoms with van der Waals surface area (Å²) in [5, 5.41) is 0. The van der Waals surface area contributed by atoms with Crippen molar-refractivity contribution in [3.05, 3.63) is 35.9 Å². The average molecular weight is 383 g/mol. The van der Waals surface area contributed by atoms with Crippen molar-refractivity contribution >= 4 is 16.6 Å². The fraction of sp³-hybridized carbons (Fsp3) is 0.700. The maximum absolute atomic E-state index is 6.80. The number of hydrogen-bond donors (Lipinski definition) is 0. The Labute approximate surface area is 157 Å². The van der Waals surface area contributed by atoms with Crippen LogP contribution in [0.5, 0.6) is 0 Å². The van der Waals surface area contributed by atoms with E-state index in [2.05, 4.69) is 53.7 Å². The van der Waals surface area contributed by atoms with Gasteiger partial charge in [0.05, 0.1) is 0 Å². The molecule has 1 atom stereocenters. The van der Waals surface area contributed by atoms with E-state index in [-0.39, 0.29) is 0 Å². The van der Waals surface area contributed by atoms with Gasteiger partial charge in [-0.15, -0.1) is 0 Å². The van der Waals surface area contributed by atoms with Gasteiger partial charge in [0.2, 0.25) is 14.1 Å². The van der Waals surface area contributed by atoms with E-state index in [4.69, 9.17) is 13.9 Å². The van der Waals surface area contributed by atoms with Crippen molar-refractivity contribution in [2.75, 3.05) is 0 Å². The Bertz CT molecular complexity index is 470. The summed E-state index contributed by atoms with van der Waals surface area (Å²) in [7, 11) is -3.70. The summed E-state index contributed by atoms with van der Waals surface area (Å²) in [4.78, 5) is 6.19. The van der Waals surface area contributed by atoms with Crippen LogP contribution in [0.3, 0.4) is 0 Å². The van der Waals surface area contributed by atoms with Gasteiger partial charge in [0.1, 0.15) is 0 Å². The van der Waals surface area contributed by atoms with Gasteiger partial charge in [-0.1, -0.05) is 71.9 Å². The molecule has 25 heavy (non-hydrogen) atoms. The van der Waals surface area contributed by atoms with E-state index >= 15 is 0 Å². The van der Waals surface area contributed by atoms with Gasteiger partial charge >= 0.3 is 0 Å². The van der Waals surface area contributed by atoms with E-state index in [0.717, 1.165) is 41.8 Å². The molecule has 144 valence electrons. The molecule has 3 nitrogen and oxygen atoms in total. The Morgan fingerprint density at radius 1 is 0.720 bits per heavy atom. The zero-order chi connectivity index (χ0) is 19.0. The molecule has 1 unspecified atom stereocenters. The Kier molecular flexibility index (Phi) is 9.05. The number of hydrogen-bond acceptors (Lipinski definition) is 3. The highest BCUT2D eigenvalue weighted by atomic mass is 28.4. The van der Waals surface area contributed by atoms with Crippen molar-refractivity contribution in [2.24, 2.45) is 0 Å². The first-order valence-corrected chi connectivity index (χ1v) is 15.1. The average Bonchev–Trinajstić information content (AvgIpc) is 2.68. The molecule has 0 saturated carbocycles. The molecule has 0 spiro atoms. The second kappa shape index (κ2) is 10.0. The van der Waals surface area contributed by atoms with E-state index in [1.807, 2.05) is 25.1 Å². The molecular formula is C20H38O3Si2. The summed E-state index contributed by atoms with van der Waals surface area (Å²) in [6.45, 7) is 15.4. The second-order valence-electron chi connectivity index (χ2n) is 7.07. The topological polar surface area (TPSA) is 27.7 Å². The molecular weight excluding hydrogens is 344 g/mol. The Morgan fingerprint density at radius 2 is 1.16 bits per heavy atom. The highest BCUT2D eigenvalue weighted by molar-refractivity contribution is 6.74. The van der Waals surface area contributed by atoms with Gasteiger partial charge in [-0.3, -0.25) is 4.58 Å². The Hall–Kier alpha value is -0.466. The minimum atomic E-state index is -1.85. The van der Waals surface area contributed by atoms with E-state index in [0.29, 0.717) is 0 Å². The Morgan fingerprint density at radius 3 is 1.56 bits per heavy atom. The molecule has 0 aliphatic heterocycles. The number of benzene rings is 1. The molecule has 0 N–H and O–H groups in total. The molecule has 1 aromatic carbocycles. The molecule has 0 radical (unpaired) electrons. The summed E-state index contributed by atoms with van der Waals surface area (Å²) in [6.07, 6.45) is 0. The van der Waals surface area contributed by atoms with Crippen LogP contribution in [0, 0.1) is 0 Å². The fourth-order valence-electron chi connectivity index (χ4n) is 3.34. The molecule has 1 aromatic rings. The molecule has 0 aromatic heterocycles. The smallest absolute Gasteiger partial charge is 0.238 e. The SMILES string of the molecule is CC[Si](CC)(CC)OOC(C)(O[Si](CC)(CC)CC)c1ccccc1. The molecule has 0 fully saturated rings. The van der Waals surface area contributed by atoms with Gasteiger partial charge in [-0.05, 0) is 43.2 Å². The molecule has 0 bridgehead atoms. The number of rotatable bonds is 12. The fourth-order valence-corrected chi connectivity index (χ4v) is 8.44. The maximum Gasteiger partial charge on any atom is 0.238 e. The first kappa shape index (κ1) is 22.6. The molecule has 5 heteroatoms. The van der Waals surface area contributed by atoms with Crippen molar-refractivity contribution in [1.82, 2.24) is 0 Å². The van der Waals surface area contributed by atoms with Crippen LogP contribution in [0.15, 0.2) is 30.3 Å². The van der Waals surface area contributed by atoms with E-state index < -0.39 is 22.4 Å². The van der Waals surface area contributed by atoms with Crippen LogP contribution >= 0.6 is 0 Å². The zero-order valence-corrected chi connectivity index (χ0v) is 19.4. The molecule has 0 amide bonds. The standard InChI is InChI=1S/C20H38O3Si2/c1-8-24(9-2,10-3)22-20(7,19-17-15-14-16-18-19)21-23-25(11-4,12-5)13-6/h14-18H,8-13H2,1-7H3. The third-order valence-corrected chi connectivity index (χ3v) is 14.9. The summed E-state index contributed by atoms with van der Waals surface area (Å²) in [5.41, 5.74) is 1.04. The van der Waals surface area contributed by atoms with Crippen molar-refractivity contribution in [3.63, 3.8) is 0 Å². The van der Waals surface area contributed by atoms with Crippen molar-refractivity contribution in [1.29, 1.82) is 0 Å². The van der Waals surface area contributed by atoms with Gasteiger partial charge in [0, 0.05) is 5.56 Å². The lowest BCUT2D eigenvalue weighted by molar-refractivity contribution is -0.369. The van der Waals surface area contributed by atoms with Gasteiger partial charge in [-0.25, -0.2) is 4.89 Å². The second-order valence-corrected chi connectivity index (χ2v) is 16.4. The summed E-state index contributed by atoms with van der Waals surface area (Å²) < 4.78 is 13.0. The molecule has 1 rings (SSSR count). The largest absolute Gasteiger partial charge is 0.385 e. The van der Waals surface area contributed by atoms with E-state index in [1.54, 1.807) is 0 Å². The first-order valence-electron chi connectivity index (χ1n) is 10.0. The minimum absolute atomic E-state index is 0.840. The summed E-state index contributed by atoms with van der Waals surface area (Å²) >= 11 is 0. The van der Waals surface area contributed by atoms with Gasteiger partial charge in [-0.2, -0.15) is 0 Å². The monoisotopic (exact) mass is 382 g/mol. The third kappa shape index (κ3) is 5.50. The van der Waals surface area contributed by atoms with Crippen LogP contribution in [-0.2, 0) is 19.7 Å². The molecule has 0 heterocycles. The van der Waals surface area contributed by atoms with Gasteiger partial charge in [0.25, 0.3) is 0 Å². The van der Waals surface area contributed by atoms with Crippen molar-refractivity contribution in [2.45, 2.75) is 90.5 Å². The van der Waals surface area contributed by atoms with Crippen LogP contribution in [0.4, 0.5) is 0 Å². The minimum Gasteiger partial charge on any atom is -0.385 e. The Balaban J connectivity index is 3.16. The predicted octanol–water partition coefficient (Wildman–Crippen LogP) is 6.83. The van der Waals surface area contributed by atoms with E-state index in [9.17, 15) is 0 Å². The van der Waals surface area contributed by atoms with Crippen molar-refractivity contribution < 1.29 is 13.9 Å². The van der Waals surface area contributed by atoms with Crippen LogP contribution in [0.2, 0.25) is 36.3 Å². The van der Waals surface area contributed by atoms with Crippen molar-refractivity contribution in [3.8, 4) is 0 Å². The first-order chi connectivity index (χ1) is 11.9. The van der Waals surface area contributed by atoms with Gasteiger partial charge in [0.15, 0.2) is 8.32 Å². The van der Waals surface area contributed by atoms with Crippen LogP contribution in [-0.4, -0.2) is 16.6 Å². The third-order valence-electron chi connectivity index (χ3n) is 5.95. The molecule has 0 saturated heterocycles. The highest BCUT2D eigenvalue weighted by Crippen LogP contribution is 2.37. The quantitative estimate of drug-likeness (QED) is 0.171. The van der Waals surface area contributed by atoms with Crippen LogP contribution < -0.4 is 0 Å². The summed E-state index contributed by atoms with van der Waals surface area (Å²) in [5.74, 6) is -0.840. The van der Waals surface area contributed by atoms with Crippen LogP contribution in [0.1, 0.15) is 54.0 Å². The lowest BCUT2D eigenvalue weighted by atomic mass is 10.1. The highest BCUT2D eigenvalue weighted by Gasteiger charge is 2.43. The maximum atomic E-state index is 6.80. The predicted molar refractivity (Wildman–Crippen MR) is 111 cm³/mol. The lowest BCUT2D eigenvalue weighted by Crippen LogP contribution is -2.48. The van der Waals surface area contributed by atoms with Gasteiger partial charge < -0.3 is 4.43 Å². The zero-order valence-electron chi connectivity index (χ0n) is 17.4. The normalized spacial score (nSPS) is 15.2. The molecule has 0 aliphatic rings. The summed E-state index contributed by atoms with van der Waals surface area (Å²) in [6, 6.07) is 16.7. The molecule has 0 aliphatic carbocycles. The van der Waals surface area contributed by atoms with E-state index in [1.165, 1.54) is 0 Å². The van der Waals surface area contributed by atoms with Crippen LogP contribution in [0.25, 0.3) is 0 Å².